The number of benzene rings is 2. The van der Waals surface area contributed by atoms with Gasteiger partial charge in [0, 0.05) is 18.3 Å². The van der Waals surface area contributed by atoms with Crippen molar-refractivity contribution in [3.8, 4) is 17.1 Å². The van der Waals surface area contributed by atoms with Crippen LogP contribution in [0.4, 0.5) is 4.39 Å². The first-order chi connectivity index (χ1) is 14.7. The molecule has 0 spiro atoms. The molecule has 152 valence electrons. The molecule has 4 aromatic rings. The maximum absolute atomic E-state index is 13.2. The van der Waals surface area contributed by atoms with E-state index >= 15 is 0 Å². The van der Waals surface area contributed by atoms with Crippen molar-refractivity contribution in [2.24, 2.45) is 0 Å². The van der Waals surface area contributed by atoms with Gasteiger partial charge in [-0.2, -0.15) is 5.10 Å². The second kappa shape index (κ2) is 8.88. The number of hydrogen-bond acceptors (Lipinski definition) is 4. The summed E-state index contributed by atoms with van der Waals surface area (Å²) in [6, 6.07) is 21.3. The van der Waals surface area contributed by atoms with E-state index in [1.807, 2.05) is 48.5 Å². The second-order valence-corrected chi connectivity index (χ2v) is 6.91. The van der Waals surface area contributed by atoms with Gasteiger partial charge in [-0.3, -0.25) is 9.67 Å². The van der Waals surface area contributed by atoms with Crippen molar-refractivity contribution in [2.45, 2.75) is 19.1 Å². The van der Waals surface area contributed by atoms with Gasteiger partial charge in [0.2, 0.25) is 0 Å². The molecule has 0 aliphatic rings. The van der Waals surface area contributed by atoms with Crippen LogP contribution in [-0.2, 0) is 13.0 Å². The van der Waals surface area contributed by atoms with E-state index in [0.29, 0.717) is 35.7 Å². The number of halogens is 1. The molecule has 1 atom stereocenters. The third kappa shape index (κ3) is 4.23. The summed E-state index contributed by atoms with van der Waals surface area (Å²) in [4.78, 5) is 4.37. The summed E-state index contributed by atoms with van der Waals surface area (Å²) >= 11 is 0. The van der Waals surface area contributed by atoms with Crippen LogP contribution in [0.1, 0.15) is 22.9 Å². The van der Waals surface area contributed by atoms with Crippen molar-refractivity contribution in [3.63, 3.8) is 0 Å². The van der Waals surface area contributed by atoms with Gasteiger partial charge in [0.1, 0.15) is 23.4 Å². The van der Waals surface area contributed by atoms with Crippen LogP contribution in [0.2, 0.25) is 0 Å². The Labute approximate surface area is 174 Å². The van der Waals surface area contributed by atoms with Gasteiger partial charge >= 0.3 is 0 Å². The number of aliphatic hydroxyl groups excluding tert-OH is 1. The largest absolute Gasteiger partial charge is 0.496 e. The SMILES string of the molecule is COc1ccccc1C(O)c1cc(-c2ccccn2)nn1CCc1ccc(F)cc1. The molecule has 1 unspecified atom stereocenters. The lowest BCUT2D eigenvalue weighted by molar-refractivity contribution is 0.202. The Bertz CT molecular complexity index is 1110. The number of pyridine rings is 1. The zero-order valence-electron chi connectivity index (χ0n) is 16.6. The Kier molecular flexibility index (Phi) is 5.86. The number of para-hydroxylation sites is 1. The predicted molar refractivity (Wildman–Crippen MR) is 113 cm³/mol. The number of nitrogens with zero attached hydrogens (tertiary/aromatic N) is 3. The Hall–Kier alpha value is -3.51. The summed E-state index contributed by atoms with van der Waals surface area (Å²) < 4.78 is 20.4. The van der Waals surface area contributed by atoms with Crippen molar-refractivity contribution in [1.29, 1.82) is 0 Å². The molecule has 0 amide bonds. The van der Waals surface area contributed by atoms with Gasteiger partial charge in [0.15, 0.2) is 0 Å². The molecule has 0 bridgehead atoms. The summed E-state index contributed by atoms with van der Waals surface area (Å²) in [6.07, 6.45) is 1.44. The average Bonchev–Trinajstić information content (AvgIpc) is 3.23. The molecule has 2 aromatic carbocycles. The highest BCUT2D eigenvalue weighted by Gasteiger charge is 2.21. The third-order valence-electron chi connectivity index (χ3n) is 4.98. The predicted octanol–water partition coefficient (Wildman–Crippen LogP) is 4.42. The fraction of sp³-hybridized carbons (Fsp3) is 0.167. The number of hydrogen-bond donors (Lipinski definition) is 1. The van der Waals surface area contributed by atoms with Crippen LogP contribution in [0, 0.1) is 5.82 Å². The fourth-order valence-electron chi connectivity index (χ4n) is 3.41. The minimum atomic E-state index is -0.917. The number of aryl methyl sites for hydroxylation is 2. The Morgan fingerprint density at radius 1 is 1.00 bits per heavy atom. The number of aliphatic hydroxyl groups is 1. The Balaban J connectivity index is 1.69. The van der Waals surface area contributed by atoms with Gasteiger partial charge in [-0.25, -0.2) is 4.39 Å². The molecule has 0 radical (unpaired) electrons. The minimum Gasteiger partial charge on any atom is -0.496 e. The standard InChI is InChI=1S/C24H22FN3O2/c1-30-23-8-3-2-6-19(23)24(29)22-16-21(20-7-4-5-14-26-20)27-28(22)15-13-17-9-11-18(25)12-10-17/h2-12,14,16,24,29H,13,15H2,1H3. The van der Waals surface area contributed by atoms with Crippen molar-refractivity contribution in [2.75, 3.05) is 7.11 Å². The van der Waals surface area contributed by atoms with E-state index in [4.69, 9.17) is 9.84 Å². The molecule has 0 fully saturated rings. The van der Waals surface area contributed by atoms with Crippen molar-refractivity contribution in [1.82, 2.24) is 14.8 Å². The summed E-state index contributed by atoms with van der Waals surface area (Å²) in [7, 11) is 1.58. The van der Waals surface area contributed by atoms with Crippen LogP contribution in [0.5, 0.6) is 5.75 Å². The van der Waals surface area contributed by atoms with Gasteiger partial charge < -0.3 is 9.84 Å². The summed E-state index contributed by atoms with van der Waals surface area (Å²) in [5.74, 6) is 0.346. The summed E-state index contributed by atoms with van der Waals surface area (Å²) in [5.41, 5.74) is 3.70. The van der Waals surface area contributed by atoms with Crippen LogP contribution in [-0.4, -0.2) is 27.0 Å². The lowest BCUT2D eigenvalue weighted by Crippen LogP contribution is -2.12. The molecule has 2 aromatic heterocycles. The lowest BCUT2D eigenvalue weighted by atomic mass is 10.0. The fourth-order valence-corrected chi connectivity index (χ4v) is 3.41. The molecule has 4 rings (SSSR count). The molecule has 1 N–H and O–H groups in total. The van der Waals surface area contributed by atoms with Gasteiger partial charge in [0.05, 0.1) is 18.5 Å². The van der Waals surface area contributed by atoms with Gasteiger partial charge in [-0.05, 0) is 48.4 Å². The monoisotopic (exact) mass is 403 g/mol. The quantitative estimate of drug-likeness (QED) is 0.496. The van der Waals surface area contributed by atoms with Crippen LogP contribution in [0.25, 0.3) is 11.4 Å². The molecule has 0 aliphatic heterocycles. The first-order valence-electron chi connectivity index (χ1n) is 9.70. The zero-order valence-corrected chi connectivity index (χ0v) is 16.6. The molecule has 0 saturated heterocycles. The lowest BCUT2D eigenvalue weighted by Gasteiger charge is -2.16. The third-order valence-corrected chi connectivity index (χ3v) is 4.98. The molecule has 5 nitrogen and oxygen atoms in total. The van der Waals surface area contributed by atoms with E-state index in [-0.39, 0.29) is 5.82 Å². The molecule has 2 heterocycles. The second-order valence-electron chi connectivity index (χ2n) is 6.91. The van der Waals surface area contributed by atoms with E-state index in [1.165, 1.54) is 12.1 Å². The van der Waals surface area contributed by atoms with E-state index < -0.39 is 6.10 Å². The minimum absolute atomic E-state index is 0.262. The van der Waals surface area contributed by atoms with E-state index in [1.54, 1.807) is 30.1 Å². The molecule has 30 heavy (non-hydrogen) atoms. The highest BCUT2D eigenvalue weighted by molar-refractivity contribution is 5.55. The molecule has 6 heteroatoms. The first-order valence-corrected chi connectivity index (χ1v) is 9.70. The maximum atomic E-state index is 13.2. The first kappa shape index (κ1) is 19.8. The number of methoxy groups -OCH3 is 1. The highest BCUT2D eigenvalue weighted by atomic mass is 19.1. The number of aromatic nitrogens is 3. The molecule has 0 aliphatic carbocycles. The zero-order chi connectivity index (χ0) is 20.9. The molecule has 0 saturated carbocycles. The summed E-state index contributed by atoms with van der Waals surface area (Å²) in [6.45, 7) is 0.528. The normalized spacial score (nSPS) is 12.0. The Morgan fingerprint density at radius 2 is 1.77 bits per heavy atom. The number of ether oxygens (including phenoxy) is 1. The van der Waals surface area contributed by atoms with E-state index in [2.05, 4.69) is 4.98 Å². The van der Waals surface area contributed by atoms with Crippen molar-refractivity contribution < 1.29 is 14.2 Å². The van der Waals surface area contributed by atoms with Gasteiger partial charge in [0.25, 0.3) is 0 Å². The van der Waals surface area contributed by atoms with Crippen LogP contribution in [0.15, 0.2) is 79.0 Å². The maximum Gasteiger partial charge on any atom is 0.125 e. The molecular weight excluding hydrogens is 381 g/mol. The van der Waals surface area contributed by atoms with Crippen LogP contribution in [0.3, 0.4) is 0 Å². The smallest absolute Gasteiger partial charge is 0.125 e. The van der Waals surface area contributed by atoms with Crippen LogP contribution >= 0.6 is 0 Å². The van der Waals surface area contributed by atoms with Gasteiger partial charge in [-0.1, -0.05) is 36.4 Å². The van der Waals surface area contributed by atoms with Crippen LogP contribution < -0.4 is 4.74 Å². The van der Waals surface area contributed by atoms with E-state index in [0.717, 1.165) is 11.3 Å². The highest BCUT2D eigenvalue weighted by Crippen LogP contribution is 2.31. The number of rotatable bonds is 7. The molecular formula is C24H22FN3O2. The van der Waals surface area contributed by atoms with E-state index in [9.17, 15) is 9.50 Å². The average molecular weight is 403 g/mol. The van der Waals surface area contributed by atoms with Crippen molar-refractivity contribution >= 4 is 0 Å². The summed E-state index contributed by atoms with van der Waals surface area (Å²) in [5, 5.41) is 15.9. The topological polar surface area (TPSA) is 60.2 Å². The van der Waals surface area contributed by atoms with Crippen molar-refractivity contribution in [3.05, 3.63) is 102 Å². The Morgan fingerprint density at radius 3 is 2.50 bits per heavy atom. The van der Waals surface area contributed by atoms with Gasteiger partial charge in [-0.15, -0.1) is 0 Å².